The minimum absolute atomic E-state index is 0.939. The second kappa shape index (κ2) is 11.2. The van der Waals surface area contributed by atoms with E-state index >= 15 is 0 Å². The number of para-hydroxylation sites is 3. The van der Waals surface area contributed by atoms with Crippen LogP contribution in [-0.4, -0.2) is 18.9 Å². The lowest BCUT2D eigenvalue weighted by Gasteiger charge is -2.14. The maximum atomic E-state index is 5.25. The Hall–Kier alpha value is -7.04. The van der Waals surface area contributed by atoms with Gasteiger partial charge in [-0.05, 0) is 71.1 Å². The van der Waals surface area contributed by atoms with Gasteiger partial charge in [-0.1, -0.05) is 127 Å². The van der Waals surface area contributed by atoms with Gasteiger partial charge in [-0.25, -0.2) is 9.97 Å². The Morgan fingerprint density at radius 3 is 1.73 bits per heavy atom. The first kappa shape index (κ1) is 28.8. The smallest absolute Gasteiger partial charge is 0.146 e. The van der Waals surface area contributed by atoms with E-state index in [9.17, 15) is 0 Å². The monoisotopic (exact) mass is 662 g/mol. The minimum Gasteiger partial charge on any atom is -0.309 e. The molecule has 0 N–H and O–H groups in total. The highest BCUT2D eigenvalue weighted by Crippen LogP contribution is 2.40. The Labute approximate surface area is 299 Å². The molecule has 0 unspecified atom stereocenters. The molecule has 0 saturated heterocycles. The number of aromatic nitrogens is 4. The molecule has 0 aliphatic carbocycles. The van der Waals surface area contributed by atoms with Crippen LogP contribution in [0.5, 0.6) is 0 Å². The van der Waals surface area contributed by atoms with Crippen LogP contribution < -0.4 is 0 Å². The lowest BCUT2D eigenvalue weighted by Crippen LogP contribution is -1.97. The van der Waals surface area contributed by atoms with Crippen molar-refractivity contribution in [2.24, 2.45) is 0 Å². The number of pyridine rings is 2. The maximum absolute atomic E-state index is 5.25. The van der Waals surface area contributed by atoms with Crippen molar-refractivity contribution in [1.29, 1.82) is 0 Å². The molecule has 0 radical (unpaired) electrons. The quantitative estimate of drug-likeness (QED) is 0.176. The highest BCUT2D eigenvalue weighted by atomic mass is 15.0. The molecule has 7 aromatic carbocycles. The largest absolute Gasteiger partial charge is 0.309 e. The summed E-state index contributed by atoms with van der Waals surface area (Å²) in [7, 11) is 0. The normalized spacial score (nSPS) is 11.8. The van der Waals surface area contributed by atoms with Crippen LogP contribution in [0.3, 0.4) is 0 Å². The molecule has 0 amide bonds. The summed E-state index contributed by atoms with van der Waals surface area (Å²) in [5, 5.41) is 5.96. The van der Waals surface area contributed by atoms with E-state index in [2.05, 4.69) is 185 Å². The summed E-state index contributed by atoms with van der Waals surface area (Å²) >= 11 is 0. The van der Waals surface area contributed by atoms with Gasteiger partial charge in [0.1, 0.15) is 5.65 Å². The van der Waals surface area contributed by atoms with E-state index in [0.717, 1.165) is 72.4 Å². The van der Waals surface area contributed by atoms with E-state index < -0.39 is 0 Å². The van der Waals surface area contributed by atoms with Crippen LogP contribution >= 0.6 is 0 Å². The SMILES string of the molecule is c1ccc(-c2cc(-c3ccccc3)nc(-c3cccc(-n4c5ccccc5c5cc6c(cc54)c4ccccc4c4nc5ccccc5n64)c3)c2)cc1. The highest BCUT2D eigenvalue weighted by molar-refractivity contribution is 6.20. The molecule has 0 fully saturated rings. The van der Waals surface area contributed by atoms with Crippen LogP contribution in [0.1, 0.15) is 0 Å². The molecule has 0 aliphatic heterocycles. The molecule has 52 heavy (non-hydrogen) atoms. The molecule has 0 spiro atoms. The summed E-state index contributed by atoms with van der Waals surface area (Å²) in [4.78, 5) is 10.4. The Balaban J connectivity index is 1.18. The van der Waals surface area contributed by atoms with E-state index in [4.69, 9.17) is 9.97 Å². The van der Waals surface area contributed by atoms with Crippen molar-refractivity contribution < 1.29 is 0 Å². The average Bonchev–Trinajstić information content (AvgIpc) is 3.77. The Bertz CT molecular complexity index is 3110. The van der Waals surface area contributed by atoms with Crippen molar-refractivity contribution in [2.45, 2.75) is 0 Å². The second-order valence-electron chi connectivity index (χ2n) is 13.5. The second-order valence-corrected chi connectivity index (χ2v) is 13.5. The van der Waals surface area contributed by atoms with Gasteiger partial charge < -0.3 is 4.57 Å². The van der Waals surface area contributed by atoms with Crippen molar-refractivity contribution in [3.05, 3.63) is 182 Å². The van der Waals surface area contributed by atoms with E-state index in [-0.39, 0.29) is 0 Å². The standard InChI is InChI=1S/C48H30N4/c1-3-14-31(15-4-1)34-27-42(32-16-5-2-6-17-32)49-43(28-34)33-18-13-19-35(26-33)51-44-24-11-9-21-37(44)40-30-47-39(29-46(40)51)36-20-7-8-22-38(36)48-50-41-23-10-12-25-45(41)52(47)48/h1-30H. The van der Waals surface area contributed by atoms with Crippen molar-refractivity contribution >= 4 is 60.2 Å². The van der Waals surface area contributed by atoms with E-state index in [1.54, 1.807) is 0 Å². The first-order valence-electron chi connectivity index (χ1n) is 17.7. The summed E-state index contributed by atoms with van der Waals surface area (Å²) in [6.45, 7) is 0. The third-order valence-corrected chi connectivity index (χ3v) is 10.5. The summed E-state index contributed by atoms with van der Waals surface area (Å²) in [6.07, 6.45) is 0. The van der Waals surface area contributed by atoms with Crippen LogP contribution in [0.4, 0.5) is 0 Å². The lowest BCUT2D eigenvalue weighted by molar-refractivity contribution is 1.18. The van der Waals surface area contributed by atoms with Gasteiger partial charge >= 0.3 is 0 Å². The van der Waals surface area contributed by atoms with Gasteiger partial charge in [0.2, 0.25) is 0 Å². The van der Waals surface area contributed by atoms with Crippen molar-refractivity contribution in [2.75, 3.05) is 0 Å². The summed E-state index contributed by atoms with van der Waals surface area (Å²) in [5.41, 5.74) is 14.0. The summed E-state index contributed by atoms with van der Waals surface area (Å²) < 4.78 is 4.76. The number of rotatable bonds is 4. The van der Waals surface area contributed by atoms with Gasteiger partial charge in [0.05, 0.1) is 39.0 Å². The van der Waals surface area contributed by atoms with E-state index in [0.29, 0.717) is 0 Å². The van der Waals surface area contributed by atoms with Gasteiger partial charge in [-0.3, -0.25) is 4.40 Å². The fourth-order valence-corrected chi connectivity index (χ4v) is 8.08. The highest BCUT2D eigenvalue weighted by Gasteiger charge is 2.19. The lowest BCUT2D eigenvalue weighted by atomic mass is 10.00. The molecular formula is C48H30N4. The molecule has 4 aromatic heterocycles. The number of hydrogen-bond donors (Lipinski definition) is 0. The molecule has 11 aromatic rings. The number of hydrogen-bond acceptors (Lipinski definition) is 2. The summed E-state index contributed by atoms with van der Waals surface area (Å²) in [5.74, 6) is 0. The number of benzene rings is 7. The predicted molar refractivity (Wildman–Crippen MR) is 216 cm³/mol. The van der Waals surface area contributed by atoms with Crippen LogP contribution in [0.2, 0.25) is 0 Å². The molecule has 0 saturated carbocycles. The molecule has 4 nitrogen and oxygen atoms in total. The molecule has 11 rings (SSSR count). The molecule has 4 heterocycles. The molecule has 4 heteroatoms. The molecule has 0 atom stereocenters. The summed E-state index contributed by atoms with van der Waals surface area (Å²) in [6, 6.07) is 64.9. The third kappa shape index (κ3) is 4.34. The van der Waals surface area contributed by atoms with Gasteiger partial charge in [0.25, 0.3) is 0 Å². The van der Waals surface area contributed by atoms with Gasteiger partial charge in [0, 0.05) is 38.4 Å². The van der Waals surface area contributed by atoms with E-state index in [1.807, 2.05) is 6.07 Å². The predicted octanol–water partition coefficient (Wildman–Crippen LogP) is 12.3. The topological polar surface area (TPSA) is 35.1 Å². The van der Waals surface area contributed by atoms with Crippen LogP contribution in [0.25, 0.3) is 99.5 Å². The molecule has 0 aliphatic rings. The molecule has 242 valence electrons. The van der Waals surface area contributed by atoms with Crippen molar-refractivity contribution in [3.8, 4) is 39.3 Å². The molecule has 0 bridgehead atoms. The zero-order valence-electron chi connectivity index (χ0n) is 28.1. The van der Waals surface area contributed by atoms with Gasteiger partial charge in [0.15, 0.2) is 0 Å². The van der Waals surface area contributed by atoms with Crippen LogP contribution in [0, 0.1) is 0 Å². The number of nitrogens with zero attached hydrogens (tertiary/aromatic N) is 4. The Kier molecular flexibility index (Phi) is 6.22. The number of fused-ring (bicyclic) bond motifs is 11. The fourth-order valence-electron chi connectivity index (χ4n) is 8.08. The Morgan fingerprint density at radius 2 is 0.923 bits per heavy atom. The average molecular weight is 663 g/mol. The fraction of sp³-hybridized carbons (Fsp3) is 0. The van der Waals surface area contributed by atoms with Gasteiger partial charge in [-0.15, -0.1) is 0 Å². The van der Waals surface area contributed by atoms with Crippen LogP contribution in [-0.2, 0) is 0 Å². The third-order valence-electron chi connectivity index (χ3n) is 10.5. The van der Waals surface area contributed by atoms with Crippen LogP contribution in [0.15, 0.2) is 182 Å². The molecular weight excluding hydrogens is 633 g/mol. The van der Waals surface area contributed by atoms with E-state index in [1.165, 1.54) is 27.1 Å². The zero-order valence-corrected chi connectivity index (χ0v) is 28.1. The van der Waals surface area contributed by atoms with Crippen molar-refractivity contribution in [3.63, 3.8) is 0 Å². The first-order chi connectivity index (χ1) is 25.8. The van der Waals surface area contributed by atoms with Gasteiger partial charge in [-0.2, -0.15) is 0 Å². The number of imidazole rings is 1. The van der Waals surface area contributed by atoms with Crippen molar-refractivity contribution in [1.82, 2.24) is 18.9 Å². The maximum Gasteiger partial charge on any atom is 0.146 e. The minimum atomic E-state index is 0.939. The Morgan fingerprint density at radius 1 is 0.327 bits per heavy atom. The first-order valence-corrected chi connectivity index (χ1v) is 17.7. The zero-order chi connectivity index (χ0) is 34.2.